The summed E-state index contributed by atoms with van der Waals surface area (Å²) in [6.07, 6.45) is 2.15. The Bertz CT molecular complexity index is 807. The van der Waals surface area contributed by atoms with Crippen LogP contribution in [0.1, 0.15) is 15.9 Å². The number of aromatic amines is 1. The average Bonchev–Trinajstić information content (AvgIpc) is 2.90. The van der Waals surface area contributed by atoms with Gasteiger partial charge in [-0.2, -0.15) is 0 Å². The van der Waals surface area contributed by atoms with Gasteiger partial charge in [-0.3, -0.25) is 4.79 Å². The minimum Gasteiger partial charge on any atom is -0.497 e. The third-order valence-electron chi connectivity index (χ3n) is 3.44. The number of carbonyl (C=O) groups is 1. The molecule has 3 aromatic rings. The van der Waals surface area contributed by atoms with Crippen LogP contribution >= 0.6 is 15.9 Å². The second-order valence-electron chi connectivity index (χ2n) is 4.84. The standard InChI is InChI=1S/C17H14BrNO2/c1-21-13-5-6-16-14(9-13)15(10-19-16)17(20)8-11-3-2-4-12(18)7-11/h2-7,9-10,19H,8H2,1H3. The van der Waals surface area contributed by atoms with Gasteiger partial charge in [0.15, 0.2) is 5.78 Å². The Hall–Kier alpha value is -2.07. The number of benzene rings is 2. The first-order valence-electron chi connectivity index (χ1n) is 6.60. The molecule has 0 spiro atoms. The van der Waals surface area contributed by atoms with Crippen LogP contribution in [0.3, 0.4) is 0 Å². The highest BCUT2D eigenvalue weighted by Crippen LogP contribution is 2.25. The third-order valence-corrected chi connectivity index (χ3v) is 3.94. The smallest absolute Gasteiger partial charge is 0.169 e. The molecular weight excluding hydrogens is 330 g/mol. The van der Waals surface area contributed by atoms with Crippen LogP contribution in [0.5, 0.6) is 5.75 Å². The summed E-state index contributed by atoms with van der Waals surface area (Å²) in [5.41, 5.74) is 2.63. The number of halogens is 1. The molecule has 0 saturated carbocycles. The molecule has 21 heavy (non-hydrogen) atoms. The Kier molecular flexibility index (Phi) is 3.80. The predicted octanol–water partition coefficient (Wildman–Crippen LogP) is 4.36. The SMILES string of the molecule is COc1ccc2[nH]cc(C(=O)Cc3cccc(Br)c3)c2c1. The number of nitrogens with one attached hydrogen (secondary N) is 1. The summed E-state index contributed by atoms with van der Waals surface area (Å²) in [5.74, 6) is 0.839. The monoisotopic (exact) mass is 343 g/mol. The van der Waals surface area contributed by atoms with Crippen LogP contribution in [0.4, 0.5) is 0 Å². The van der Waals surface area contributed by atoms with E-state index in [2.05, 4.69) is 20.9 Å². The molecule has 0 saturated heterocycles. The summed E-state index contributed by atoms with van der Waals surface area (Å²) in [7, 11) is 1.62. The summed E-state index contributed by atoms with van der Waals surface area (Å²) < 4.78 is 6.21. The van der Waals surface area contributed by atoms with Crippen LogP contribution in [-0.4, -0.2) is 17.9 Å². The third kappa shape index (κ3) is 2.85. The van der Waals surface area contributed by atoms with Crippen molar-refractivity contribution >= 4 is 32.6 Å². The van der Waals surface area contributed by atoms with Crippen molar-refractivity contribution in [1.82, 2.24) is 4.98 Å². The Labute approximate surface area is 131 Å². The maximum Gasteiger partial charge on any atom is 0.169 e. The number of fused-ring (bicyclic) bond motifs is 1. The molecule has 0 amide bonds. The number of ether oxygens (including phenoxy) is 1. The number of methoxy groups -OCH3 is 1. The Morgan fingerprint density at radius 2 is 2.10 bits per heavy atom. The first kappa shape index (κ1) is 13.9. The van der Waals surface area contributed by atoms with Crippen molar-refractivity contribution in [3.63, 3.8) is 0 Å². The van der Waals surface area contributed by atoms with Crippen molar-refractivity contribution < 1.29 is 9.53 Å². The zero-order chi connectivity index (χ0) is 14.8. The lowest BCUT2D eigenvalue weighted by Crippen LogP contribution is -2.02. The number of hydrogen-bond acceptors (Lipinski definition) is 2. The van der Waals surface area contributed by atoms with Crippen molar-refractivity contribution in [1.29, 1.82) is 0 Å². The van der Waals surface area contributed by atoms with Gasteiger partial charge in [0.25, 0.3) is 0 Å². The van der Waals surface area contributed by atoms with Gasteiger partial charge in [0.05, 0.1) is 7.11 Å². The molecule has 0 atom stereocenters. The molecule has 1 N–H and O–H groups in total. The number of H-pyrrole nitrogens is 1. The fourth-order valence-corrected chi connectivity index (χ4v) is 2.83. The van der Waals surface area contributed by atoms with Crippen LogP contribution in [0.2, 0.25) is 0 Å². The molecule has 1 heterocycles. The van der Waals surface area contributed by atoms with Gasteiger partial charge in [0.1, 0.15) is 5.75 Å². The molecule has 0 radical (unpaired) electrons. The Morgan fingerprint density at radius 1 is 1.24 bits per heavy atom. The van der Waals surface area contributed by atoms with Crippen LogP contribution < -0.4 is 4.74 Å². The molecule has 4 heteroatoms. The van der Waals surface area contributed by atoms with Gasteiger partial charge in [-0.1, -0.05) is 28.1 Å². The van der Waals surface area contributed by atoms with E-state index in [4.69, 9.17) is 4.74 Å². The molecule has 0 unspecified atom stereocenters. The van der Waals surface area contributed by atoms with Gasteiger partial charge in [-0.05, 0) is 35.9 Å². The lowest BCUT2D eigenvalue weighted by molar-refractivity contribution is 0.0994. The van der Waals surface area contributed by atoms with Gasteiger partial charge < -0.3 is 9.72 Å². The largest absolute Gasteiger partial charge is 0.497 e. The minimum atomic E-state index is 0.0904. The topological polar surface area (TPSA) is 42.1 Å². The molecule has 3 rings (SSSR count). The van der Waals surface area contributed by atoms with E-state index in [-0.39, 0.29) is 5.78 Å². The lowest BCUT2D eigenvalue weighted by atomic mass is 10.0. The number of Topliss-reactive ketones (excluding diaryl/α,β-unsaturated/α-hetero) is 1. The molecule has 3 nitrogen and oxygen atoms in total. The van der Waals surface area contributed by atoms with Gasteiger partial charge >= 0.3 is 0 Å². The summed E-state index contributed by atoms with van der Waals surface area (Å²) >= 11 is 3.43. The zero-order valence-electron chi connectivity index (χ0n) is 11.5. The van der Waals surface area contributed by atoms with E-state index in [0.717, 1.165) is 26.7 Å². The van der Waals surface area contributed by atoms with Crippen molar-refractivity contribution in [3.05, 3.63) is 64.3 Å². The maximum atomic E-state index is 12.5. The Balaban J connectivity index is 1.94. The molecule has 0 aliphatic rings. The molecule has 0 aliphatic carbocycles. The molecular formula is C17H14BrNO2. The highest BCUT2D eigenvalue weighted by molar-refractivity contribution is 9.10. The quantitative estimate of drug-likeness (QED) is 0.715. The van der Waals surface area contributed by atoms with Gasteiger partial charge in [-0.25, -0.2) is 0 Å². The number of carbonyl (C=O) groups excluding carboxylic acids is 1. The normalized spacial score (nSPS) is 10.8. The molecule has 0 fully saturated rings. The summed E-state index contributed by atoms with van der Waals surface area (Å²) in [5, 5.41) is 0.898. The number of ketones is 1. The van der Waals surface area contributed by atoms with Crippen molar-refractivity contribution in [2.45, 2.75) is 6.42 Å². The fraction of sp³-hybridized carbons (Fsp3) is 0.118. The number of aromatic nitrogens is 1. The van der Waals surface area contributed by atoms with Crippen molar-refractivity contribution in [3.8, 4) is 5.75 Å². The summed E-state index contributed by atoms with van der Waals surface area (Å²) in [6, 6.07) is 13.5. The highest BCUT2D eigenvalue weighted by atomic mass is 79.9. The number of hydrogen-bond donors (Lipinski definition) is 1. The first-order valence-corrected chi connectivity index (χ1v) is 7.39. The van der Waals surface area contributed by atoms with Crippen LogP contribution in [-0.2, 0) is 6.42 Å². The highest BCUT2D eigenvalue weighted by Gasteiger charge is 2.13. The number of rotatable bonds is 4. The van der Waals surface area contributed by atoms with E-state index < -0.39 is 0 Å². The molecule has 0 aliphatic heterocycles. The van der Waals surface area contributed by atoms with E-state index in [1.165, 1.54) is 0 Å². The summed E-state index contributed by atoms with van der Waals surface area (Å²) in [6.45, 7) is 0. The van der Waals surface area contributed by atoms with Gasteiger partial charge in [0, 0.05) is 33.6 Å². The second-order valence-corrected chi connectivity index (χ2v) is 5.76. The maximum absolute atomic E-state index is 12.5. The predicted molar refractivity (Wildman–Crippen MR) is 87.0 cm³/mol. The van der Waals surface area contributed by atoms with Crippen LogP contribution in [0, 0.1) is 0 Å². The molecule has 2 aromatic carbocycles. The molecule has 1 aromatic heterocycles. The van der Waals surface area contributed by atoms with Crippen LogP contribution in [0.15, 0.2) is 53.1 Å². The average molecular weight is 344 g/mol. The zero-order valence-corrected chi connectivity index (χ0v) is 13.1. The molecule has 0 bridgehead atoms. The van der Waals surface area contributed by atoms with E-state index in [9.17, 15) is 4.79 Å². The summed E-state index contributed by atoms with van der Waals surface area (Å²) in [4.78, 5) is 15.7. The van der Waals surface area contributed by atoms with Gasteiger partial charge in [-0.15, -0.1) is 0 Å². The van der Waals surface area contributed by atoms with Crippen molar-refractivity contribution in [2.24, 2.45) is 0 Å². The Morgan fingerprint density at radius 3 is 2.86 bits per heavy atom. The van der Waals surface area contributed by atoms with Crippen molar-refractivity contribution in [2.75, 3.05) is 7.11 Å². The molecule has 106 valence electrons. The van der Waals surface area contributed by atoms with E-state index >= 15 is 0 Å². The lowest BCUT2D eigenvalue weighted by Gasteiger charge is -2.03. The van der Waals surface area contributed by atoms with E-state index in [1.807, 2.05) is 42.5 Å². The first-order chi connectivity index (χ1) is 10.2. The van der Waals surface area contributed by atoms with E-state index in [1.54, 1.807) is 13.3 Å². The second kappa shape index (κ2) is 5.74. The van der Waals surface area contributed by atoms with E-state index in [0.29, 0.717) is 12.0 Å². The van der Waals surface area contributed by atoms with Crippen LogP contribution in [0.25, 0.3) is 10.9 Å². The fourth-order valence-electron chi connectivity index (χ4n) is 2.38. The minimum absolute atomic E-state index is 0.0904. The van der Waals surface area contributed by atoms with Gasteiger partial charge in [0.2, 0.25) is 0 Å².